The average Bonchev–Trinajstić information content (AvgIpc) is 3.17. The molecule has 1 amide bonds. The number of rotatable bonds is 4. The molecule has 6 nitrogen and oxygen atoms in total. The van der Waals surface area contributed by atoms with E-state index in [1.54, 1.807) is 6.08 Å². The number of nitrogens with zero attached hydrogens (tertiary/aromatic N) is 4. The lowest BCUT2D eigenvalue weighted by Gasteiger charge is -2.09. The number of carbonyl (C=O) groups excluding carboxylic acids is 1. The van der Waals surface area contributed by atoms with Gasteiger partial charge in [0.25, 0.3) is 5.91 Å². The highest BCUT2D eigenvalue weighted by Crippen LogP contribution is 2.24. The van der Waals surface area contributed by atoms with Crippen molar-refractivity contribution in [3.8, 4) is 5.69 Å². The molecule has 0 bridgehead atoms. The number of amides is 1. The predicted octanol–water partition coefficient (Wildman–Crippen LogP) is 4.03. The van der Waals surface area contributed by atoms with E-state index in [4.69, 9.17) is 0 Å². The van der Waals surface area contributed by atoms with Crippen molar-refractivity contribution in [3.05, 3.63) is 77.6 Å². The zero-order chi connectivity index (χ0) is 19.7. The van der Waals surface area contributed by atoms with Crippen LogP contribution in [-0.2, 0) is 11.8 Å². The summed E-state index contributed by atoms with van der Waals surface area (Å²) in [5.41, 5.74) is 5.55. The average molecular weight is 371 g/mol. The fourth-order valence-electron chi connectivity index (χ4n) is 3.29. The molecule has 0 spiro atoms. The summed E-state index contributed by atoms with van der Waals surface area (Å²) in [6.45, 7) is 3.91. The number of hydrogen-bond donors (Lipinski definition) is 1. The first-order chi connectivity index (χ1) is 13.5. The Bertz CT molecular complexity index is 1180. The van der Waals surface area contributed by atoms with Gasteiger partial charge >= 0.3 is 0 Å². The van der Waals surface area contributed by atoms with Gasteiger partial charge in [-0.25, -0.2) is 4.98 Å². The molecule has 4 aromatic rings. The summed E-state index contributed by atoms with van der Waals surface area (Å²) >= 11 is 0. The molecule has 0 fully saturated rings. The first kappa shape index (κ1) is 17.7. The number of hydrogen-bond acceptors (Lipinski definition) is 3. The molecule has 0 saturated carbocycles. The number of benzene rings is 2. The van der Waals surface area contributed by atoms with E-state index in [1.807, 2.05) is 84.7 Å². The molecule has 2 aromatic carbocycles. The Hall–Kier alpha value is -3.67. The van der Waals surface area contributed by atoms with Gasteiger partial charge in [-0.3, -0.25) is 19.4 Å². The van der Waals surface area contributed by atoms with Gasteiger partial charge < -0.3 is 0 Å². The number of nitrogens with one attached hydrogen (secondary N) is 1. The van der Waals surface area contributed by atoms with Crippen LogP contribution in [0.1, 0.15) is 17.0 Å². The lowest BCUT2D eigenvalue weighted by Crippen LogP contribution is -2.12. The third-order valence-electron chi connectivity index (χ3n) is 4.78. The first-order valence-electron chi connectivity index (χ1n) is 9.07. The molecule has 0 atom stereocenters. The zero-order valence-electron chi connectivity index (χ0n) is 16.0. The summed E-state index contributed by atoms with van der Waals surface area (Å²) in [6.07, 6.45) is 3.31. The summed E-state index contributed by atoms with van der Waals surface area (Å²) in [5.74, 6) is 0.247. The maximum absolute atomic E-state index is 12.6. The molecular formula is C22H21N5O. The predicted molar refractivity (Wildman–Crippen MR) is 111 cm³/mol. The number of carbonyl (C=O) groups is 1. The minimum Gasteiger partial charge on any atom is -0.292 e. The van der Waals surface area contributed by atoms with E-state index in [1.165, 1.54) is 6.08 Å². The van der Waals surface area contributed by atoms with E-state index < -0.39 is 0 Å². The lowest BCUT2D eigenvalue weighted by atomic mass is 10.2. The molecule has 1 N–H and O–H groups in total. The fourth-order valence-corrected chi connectivity index (χ4v) is 3.29. The Labute approximate surface area is 163 Å². The molecular weight excluding hydrogens is 350 g/mol. The molecule has 0 saturated heterocycles. The van der Waals surface area contributed by atoms with Crippen molar-refractivity contribution in [3.63, 3.8) is 0 Å². The van der Waals surface area contributed by atoms with Crippen molar-refractivity contribution in [2.24, 2.45) is 7.05 Å². The highest BCUT2D eigenvalue weighted by Gasteiger charge is 2.14. The van der Waals surface area contributed by atoms with Crippen molar-refractivity contribution < 1.29 is 4.79 Å². The van der Waals surface area contributed by atoms with Gasteiger partial charge in [0.05, 0.1) is 16.7 Å². The number of anilines is 1. The van der Waals surface area contributed by atoms with Crippen LogP contribution >= 0.6 is 0 Å². The standard InChI is InChI=1S/C22H21N5O/c1-15-18(16(2)26(3)25-15)13-14-21(28)24-22-23-19-11-7-8-12-20(19)27(22)17-9-5-4-6-10-17/h4-14H,1-3H3,(H,23,24,28). The Balaban J connectivity index is 1.68. The van der Waals surface area contributed by atoms with Gasteiger partial charge in [-0.2, -0.15) is 5.10 Å². The van der Waals surface area contributed by atoms with Crippen LogP contribution < -0.4 is 5.32 Å². The highest BCUT2D eigenvalue weighted by molar-refractivity contribution is 6.02. The Morgan fingerprint density at radius 2 is 1.75 bits per heavy atom. The summed E-state index contributed by atoms with van der Waals surface area (Å²) in [6, 6.07) is 17.7. The van der Waals surface area contributed by atoms with E-state index in [-0.39, 0.29) is 5.91 Å². The summed E-state index contributed by atoms with van der Waals surface area (Å²) in [4.78, 5) is 17.2. The maximum Gasteiger partial charge on any atom is 0.250 e. The molecule has 6 heteroatoms. The molecule has 28 heavy (non-hydrogen) atoms. The summed E-state index contributed by atoms with van der Waals surface area (Å²) < 4.78 is 3.75. The molecule has 4 rings (SSSR count). The minimum absolute atomic E-state index is 0.241. The van der Waals surface area contributed by atoms with Gasteiger partial charge in [-0.15, -0.1) is 0 Å². The topological polar surface area (TPSA) is 64.7 Å². The number of aryl methyl sites for hydroxylation is 2. The van der Waals surface area contributed by atoms with E-state index in [0.29, 0.717) is 5.95 Å². The second kappa shape index (κ2) is 7.15. The maximum atomic E-state index is 12.6. The molecule has 0 aliphatic heterocycles. The van der Waals surface area contributed by atoms with Crippen LogP contribution in [-0.4, -0.2) is 25.2 Å². The van der Waals surface area contributed by atoms with Gasteiger partial charge in [0.15, 0.2) is 0 Å². The fraction of sp³-hybridized carbons (Fsp3) is 0.136. The number of para-hydroxylation sites is 3. The van der Waals surface area contributed by atoms with E-state index in [0.717, 1.165) is 33.7 Å². The van der Waals surface area contributed by atoms with E-state index in [9.17, 15) is 4.79 Å². The van der Waals surface area contributed by atoms with Crippen LogP contribution in [0.3, 0.4) is 0 Å². The molecule has 0 radical (unpaired) electrons. The normalized spacial score (nSPS) is 11.4. The van der Waals surface area contributed by atoms with Crippen molar-refractivity contribution >= 4 is 29.0 Å². The van der Waals surface area contributed by atoms with Crippen LogP contribution in [0.15, 0.2) is 60.7 Å². The molecule has 2 heterocycles. The summed E-state index contributed by atoms with van der Waals surface area (Å²) in [7, 11) is 1.89. The van der Waals surface area contributed by atoms with Crippen LogP contribution in [0.25, 0.3) is 22.8 Å². The molecule has 2 aromatic heterocycles. The van der Waals surface area contributed by atoms with Gasteiger partial charge in [0.2, 0.25) is 5.95 Å². The second-order valence-electron chi connectivity index (χ2n) is 6.63. The van der Waals surface area contributed by atoms with E-state index >= 15 is 0 Å². The van der Waals surface area contributed by atoms with Gasteiger partial charge in [0.1, 0.15) is 0 Å². The summed E-state index contributed by atoms with van der Waals surface area (Å²) in [5, 5.41) is 7.29. The largest absolute Gasteiger partial charge is 0.292 e. The minimum atomic E-state index is -0.241. The van der Waals surface area contributed by atoms with Crippen molar-refractivity contribution in [1.82, 2.24) is 19.3 Å². The van der Waals surface area contributed by atoms with Gasteiger partial charge in [-0.1, -0.05) is 30.3 Å². The Kier molecular flexibility index (Phi) is 4.53. The molecule has 0 aliphatic carbocycles. The first-order valence-corrected chi connectivity index (χ1v) is 9.07. The van der Waals surface area contributed by atoms with Gasteiger partial charge in [-0.05, 0) is 44.2 Å². The molecule has 140 valence electrons. The number of imidazole rings is 1. The van der Waals surface area contributed by atoms with Gasteiger partial charge in [0, 0.05) is 30.1 Å². The Morgan fingerprint density at radius 1 is 1.04 bits per heavy atom. The van der Waals surface area contributed by atoms with Crippen molar-refractivity contribution in [2.45, 2.75) is 13.8 Å². The Morgan fingerprint density at radius 3 is 2.46 bits per heavy atom. The van der Waals surface area contributed by atoms with Crippen molar-refractivity contribution in [2.75, 3.05) is 5.32 Å². The third-order valence-corrected chi connectivity index (χ3v) is 4.78. The molecule has 0 unspecified atom stereocenters. The van der Waals surface area contributed by atoms with Crippen LogP contribution in [0.4, 0.5) is 5.95 Å². The van der Waals surface area contributed by atoms with Crippen LogP contribution in [0, 0.1) is 13.8 Å². The zero-order valence-corrected chi connectivity index (χ0v) is 16.0. The quantitative estimate of drug-likeness (QED) is 0.551. The smallest absolute Gasteiger partial charge is 0.250 e. The lowest BCUT2D eigenvalue weighted by molar-refractivity contribution is -0.111. The number of fused-ring (bicyclic) bond motifs is 1. The monoisotopic (exact) mass is 371 g/mol. The van der Waals surface area contributed by atoms with Crippen molar-refractivity contribution in [1.29, 1.82) is 0 Å². The second-order valence-corrected chi connectivity index (χ2v) is 6.63. The van der Waals surface area contributed by atoms with Crippen LogP contribution in [0.5, 0.6) is 0 Å². The van der Waals surface area contributed by atoms with Crippen LogP contribution in [0.2, 0.25) is 0 Å². The molecule has 0 aliphatic rings. The highest BCUT2D eigenvalue weighted by atomic mass is 16.1. The van der Waals surface area contributed by atoms with E-state index in [2.05, 4.69) is 15.4 Å². The SMILES string of the molecule is Cc1nn(C)c(C)c1C=CC(=O)Nc1nc2ccccc2n1-c1ccccc1. The number of aromatic nitrogens is 4. The third kappa shape index (κ3) is 3.20.